The quantitative estimate of drug-likeness (QED) is 0.660. The molecule has 114 valence electrons. The zero-order chi connectivity index (χ0) is 15.4. The summed E-state index contributed by atoms with van der Waals surface area (Å²) in [6.07, 6.45) is 0. The van der Waals surface area contributed by atoms with Crippen LogP contribution in [-0.4, -0.2) is 44.2 Å². The van der Waals surface area contributed by atoms with Crippen molar-refractivity contribution in [1.82, 2.24) is 5.32 Å². The summed E-state index contributed by atoms with van der Waals surface area (Å²) >= 11 is 0. The molecule has 1 heterocycles. The Morgan fingerprint density at radius 3 is 2.90 bits per heavy atom. The van der Waals surface area contributed by atoms with Crippen LogP contribution in [0.3, 0.4) is 0 Å². The molecule has 1 aliphatic rings. The third kappa shape index (κ3) is 3.25. The first-order chi connectivity index (χ1) is 10.0. The molecule has 7 heteroatoms. The molecule has 0 radical (unpaired) electrons. The fourth-order valence-electron chi connectivity index (χ4n) is 2.36. The predicted molar refractivity (Wildman–Crippen MR) is 80.0 cm³/mol. The van der Waals surface area contributed by atoms with Crippen LogP contribution >= 0.6 is 0 Å². The Bertz CT molecular complexity index is 547. The molecule has 0 aliphatic carbocycles. The average Bonchev–Trinajstić information content (AvgIpc) is 2.47. The number of hydrogen-bond acceptors (Lipinski definition) is 5. The number of nitrogens with zero attached hydrogens (tertiary/aromatic N) is 1. The van der Waals surface area contributed by atoms with E-state index in [4.69, 9.17) is 16.2 Å². The largest absolute Gasteiger partial charge is 0.398 e. The molecule has 2 rings (SSSR count). The zero-order valence-electron chi connectivity index (χ0n) is 12.0. The molecule has 0 saturated carbocycles. The van der Waals surface area contributed by atoms with E-state index in [1.165, 1.54) is 0 Å². The summed E-state index contributed by atoms with van der Waals surface area (Å²) < 4.78 is 5.38. The number of nitrogens with one attached hydrogen (secondary N) is 1. The molecule has 2 amide bonds. The van der Waals surface area contributed by atoms with Gasteiger partial charge in [0.2, 0.25) is 5.91 Å². The van der Waals surface area contributed by atoms with E-state index >= 15 is 0 Å². The highest BCUT2D eigenvalue weighted by Gasteiger charge is 2.29. The van der Waals surface area contributed by atoms with Crippen LogP contribution in [0.2, 0.25) is 0 Å². The molecule has 1 saturated heterocycles. The van der Waals surface area contributed by atoms with E-state index in [0.717, 1.165) is 5.69 Å². The number of carbonyl (C=O) groups is 2. The second kappa shape index (κ2) is 6.45. The highest BCUT2D eigenvalue weighted by molar-refractivity contribution is 5.99. The van der Waals surface area contributed by atoms with E-state index < -0.39 is 11.9 Å². The number of carbonyl (C=O) groups excluding carboxylic acids is 2. The second-order valence-electron chi connectivity index (χ2n) is 4.81. The lowest BCUT2D eigenvalue weighted by molar-refractivity contribution is -0.124. The maximum atomic E-state index is 12.1. The molecule has 0 spiro atoms. The third-order valence-corrected chi connectivity index (χ3v) is 3.42. The number of primary amides is 1. The van der Waals surface area contributed by atoms with Crippen LogP contribution in [0.15, 0.2) is 18.2 Å². The van der Waals surface area contributed by atoms with Gasteiger partial charge in [0.25, 0.3) is 5.91 Å². The summed E-state index contributed by atoms with van der Waals surface area (Å²) in [7, 11) is 0. The molecule has 5 N–H and O–H groups in total. The van der Waals surface area contributed by atoms with E-state index in [-0.39, 0.29) is 11.5 Å². The number of amides is 2. The van der Waals surface area contributed by atoms with E-state index in [9.17, 15) is 9.59 Å². The van der Waals surface area contributed by atoms with Crippen LogP contribution < -0.4 is 21.7 Å². The minimum atomic E-state index is -0.586. The van der Waals surface area contributed by atoms with Crippen LogP contribution in [0.25, 0.3) is 0 Å². The van der Waals surface area contributed by atoms with Crippen molar-refractivity contribution in [2.24, 2.45) is 5.73 Å². The number of ether oxygens (including phenoxy) is 1. The summed E-state index contributed by atoms with van der Waals surface area (Å²) in [5.74, 6) is -0.688. The zero-order valence-corrected chi connectivity index (χ0v) is 12.0. The van der Waals surface area contributed by atoms with Crippen LogP contribution in [0.4, 0.5) is 11.4 Å². The van der Waals surface area contributed by atoms with Gasteiger partial charge in [-0.2, -0.15) is 0 Å². The van der Waals surface area contributed by atoms with Gasteiger partial charge in [-0.05, 0) is 25.1 Å². The summed E-state index contributed by atoms with van der Waals surface area (Å²) in [4.78, 5) is 25.4. The lowest BCUT2D eigenvalue weighted by Crippen LogP contribution is -2.54. The van der Waals surface area contributed by atoms with E-state index in [1.54, 1.807) is 18.2 Å². The number of likely N-dealkylation sites (N-methyl/N-ethyl adjacent to an activating group) is 1. The van der Waals surface area contributed by atoms with Crippen molar-refractivity contribution in [3.8, 4) is 0 Å². The van der Waals surface area contributed by atoms with Crippen LogP contribution in [-0.2, 0) is 9.53 Å². The van der Waals surface area contributed by atoms with Crippen molar-refractivity contribution < 1.29 is 14.3 Å². The number of nitrogen functional groups attached to an aromatic ring is 1. The highest BCUT2D eigenvalue weighted by atomic mass is 16.5. The first-order valence-electron chi connectivity index (χ1n) is 6.86. The van der Waals surface area contributed by atoms with Gasteiger partial charge >= 0.3 is 0 Å². The smallest absolute Gasteiger partial charge is 0.250 e. The number of rotatable bonds is 4. The van der Waals surface area contributed by atoms with Gasteiger partial charge in [-0.1, -0.05) is 0 Å². The number of nitrogens with two attached hydrogens (primary N) is 2. The Morgan fingerprint density at radius 2 is 2.24 bits per heavy atom. The van der Waals surface area contributed by atoms with Gasteiger partial charge in [0.05, 0.1) is 18.8 Å². The Balaban J connectivity index is 2.31. The first-order valence-corrected chi connectivity index (χ1v) is 6.86. The van der Waals surface area contributed by atoms with Crippen molar-refractivity contribution in [2.75, 3.05) is 36.9 Å². The van der Waals surface area contributed by atoms with Crippen LogP contribution in [0.5, 0.6) is 0 Å². The molecule has 0 bridgehead atoms. The molecule has 1 aromatic carbocycles. The van der Waals surface area contributed by atoms with Crippen molar-refractivity contribution >= 4 is 23.2 Å². The SMILES string of the molecule is CCNC(=O)C1COCCN1c1ccc(N)c(C(N)=O)c1. The molecular formula is C14H20N4O3. The summed E-state index contributed by atoms with van der Waals surface area (Å²) in [5.41, 5.74) is 12.4. The number of hydrogen-bond donors (Lipinski definition) is 3. The van der Waals surface area contributed by atoms with E-state index in [1.807, 2.05) is 11.8 Å². The summed E-state index contributed by atoms with van der Waals surface area (Å²) in [6.45, 7) is 3.80. The Morgan fingerprint density at radius 1 is 1.48 bits per heavy atom. The molecule has 1 aliphatic heterocycles. The van der Waals surface area contributed by atoms with Crippen molar-refractivity contribution in [2.45, 2.75) is 13.0 Å². The maximum Gasteiger partial charge on any atom is 0.250 e. The van der Waals surface area contributed by atoms with Gasteiger partial charge in [0.1, 0.15) is 6.04 Å². The molecule has 1 aromatic rings. The fourth-order valence-corrected chi connectivity index (χ4v) is 2.36. The van der Waals surface area contributed by atoms with E-state index in [2.05, 4.69) is 5.32 Å². The average molecular weight is 292 g/mol. The number of anilines is 2. The van der Waals surface area contributed by atoms with Crippen LogP contribution in [0, 0.1) is 0 Å². The van der Waals surface area contributed by atoms with Crippen molar-refractivity contribution in [3.63, 3.8) is 0 Å². The lowest BCUT2D eigenvalue weighted by atomic mass is 10.1. The molecular weight excluding hydrogens is 272 g/mol. The van der Waals surface area contributed by atoms with Gasteiger partial charge in [-0.3, -0.25) is 9.59 Å². The molecule has 1 unspecified atom stereocenters. The molecule has 1 fully saturated rings. The molecule has 21 heavy (non-hydrogen) atoms. The summed E-state index contributed by atoms with van der Waals surface area (Å²) in [6, 6.07) is 4.59. The normalized spacial score (nSPS) is 18.3. The number of morpholine rings is 1. The van der Waals surface area contributed by atoms with Gasteiger partial charge in [0.15, 0.2) is 0 Å². The molecule has 1 atom stereocenters. The van der Waals surface area contributed by atoms with Gasteiger partial charge < -0.3 is 26.4 Å². The molecule has 7 nitrogen and oxygen atoms in total. The third-order valence-electron chi connectivity index (χ3n) is 3.42. The topological polar surface area (TPSA) is 111 Å². The second-order valence-corrected chi connectivity index (χ2v) is 4.81. The maximum absolute atomic E-state index is 12.1. The lowest BCUT2D eigenvalue weighted by Gasteiger charge is -2.36. The van der Waals surface area contributed by atoms with Crippen molar-refractivity contribution in [1.29, 1.82) is 0 Å². The van der Waals surface area contributed by atoms with Gasteiger partial charge in [-0.25, -0.2) is 0 Å². The van der Waals surface area contributed by atoms with Gasteiger partial charge in [0, 0.05) is 24.5 Å². The first kappa shape index (κ1) is 15.1. The Hall–Kier alpha value is -2.28. The minimum absolute atomic E-state index is 0.102. The van der Waals surface area contributed by atoms with Gasteiger partial charge in [-0.15, -0.1) is 0 Å². The predicted octanol–water partition coefficient (Wildman–Crippen LogP) is -0.291. The monoisotopic (exact) mass is 292 g/mol. The Labute approximate surface area is 123 Å². The van der Waals surface area contributed by atoms with Crippen LogP contribution in [0.1, 0.15) is 17.3 Å². The molecule has 0 aromatic heterocycles. The summed E-state index contributed by atoms with van der Waals surface area (Å²) in [5, 5.41) is 2.79. The minimum Gasteiger partial charge on any atom is -0.398 e. The standard InChI is InChI=1S/C14H20N4O3/c1-2-17-14(20)12-8-21-6-5-18(12)9-3-4-11(15)10(7-9)13(16)19/h3-4,7,12H,2,5-6,8,15H2,1H3,(H2,16,19)(H,17,20). The number of benzene rings is 1. The Kier molecular flexibility index (Phi) is 4.64. The highest BCUT2D eigenvalue weighted by Crippen LogP contribution is 2.24. The fraction of sp³-hybridized carbons (Fsp3) is 0.429. The van der Waals surface area contributed by atoms with Crippen molar-refractivity contribution in [3.05, 3.63) is 23.8 Å². The van der Waals surface area contributed by atoms with E-state index in [0.29, 0.717) is 32.0 Å².